The van der Waals surface area contributed by atoms with Crippen molar-refractivity contribution < 1.29 is 13.9 Å². The standard InChI is InChI=1S/C23H35F2N5OS/c1-19(32-14-6-4-2-3-5-11-29-12-9-26-10-13-29)23(31,16-30-18-27-17-28-30)21-8-7-20(24)15-22(21)25/h7-8,15,17-19,26,31H,2-6,9-14,16H2,1H3/t19-,23-/m1/s1. The van der Waals surface area contributed by atoms with Gasteiger partial charge in [0.2, 0.25) is 0 Å². The van der Waals surface area contributed by atoms with Gasteiger partial charge in [0.15, 0.2) is 0 Å². The quantitative estimate of drug-likeness (QED) is 0.440. The van der Waals surface area contributed by atoms with Gasteiger partial charge in [-0.1, -0.05) is 32.3 Å². The number of benzene rings is 1. The highest BCUT2D eigenvalue weighted by molar-refractivity contribution is 7.99. The van der Waals surface area contributed by atoms with Crippen LogP contribution in [0, 0.1) is 11.6 Å². The van der Waals surface area contributed by atoms with Crippen LogP contribution >= 0.6 is 11.8 Å². The molecule has 3 rings (SSSR count). The first-order chi connectivity index (χ1) is 15.5. The molecule has 32 heavy (non-hydrogen) atoms. The van der Waals surface area contributed by atoms with Gasteiger partial charge in [0.05, 0.1) is 6.54 Å². The smallest absolute Gasteiger partial charge is 0.137 e. The summed E-state index contributed by atoms with van der Waals surface area (Å²) in [4.78, 5) is 6.44. The van der Waals surface area contributed by atoms with Crippen molar-refractivity contribution in [2.24, 2.45) is 0 Å². The lowest BCUT2D eigenvalue weighted by Gasteiger charge is -2.34. The van der Waals surface area contributed by atoms with Crippen molar-refractivity contribution in [2.45, 2.75) is 56.4 Å². The van der Waals surface area contributed by atoms with E-state index in [0.717, 1.165) is 50.8 Å². The minimum atomic E-state index is -1.53. The molecule has 0 aliphatic carbocycles. The van der Waals surface area contributed by atoms with Gasteiger partial charge in [-0.25, -0.2) is 18.4 Å². The molecular weight excluding hydrogens is 432 g/mol. The molecule has 2 heterocycles. The predicted molar refractivity (Wildman–Crippen MR) is 125 cm³/mol. The third-order valence-corrected chi connectivity index (χ3v) is 7.55. The number of aliphatic hydroxyl groups is 1. The molecule has 178 valence electrons. The zero-order valence-corrected chi connectivity index (χ0v) is 19.7. The second-order valence-electron chi connectivity index (χ2n) is 8.51. The molecule has 0 saturated carbocycles. The lowest BCUT2D eigenvalue weighted by atomic mass is 9.90. The first kappa shape index (κ1) is 25.1. The van der Waals surface area contributed by atoms with Crippen molar-refractivity contribution in [1.29, 1.82) is 0 Å². The summed E-state index contributed by atoms with van der Waals surface area (Å²) in [6.07, 6.45) is 8.75. The van der Waals surface area contributed by atoms with Gasteiger partial charge >= 0.3 is 0 Å². The number of halogens is 2. The molecule has 6 nitrogen and oxygen atoms in total. The van der Waals surface area contributed by atoms with Crippen molar-refractivity contribution in [3.63, 3.8) is 0 Å². The van der Waals surface area contributed by atoms with E-state index in [1.165, 1.54) is 55.3 Å². The van der Waals surface area contributed by atoms with Gasteiger partial charge in [-0.05, 0) is 31.2 Å². The monoisotopic (exact) mass is 467 g/mol. The molecule has 0 amide bonds. The molecular formula is C23H35F2N5OS. The van der Waals surface area contributed by atoms with Gasteiger partial charge in [-0.3, -0.25) is 0 Å². The normalized spacial score (nSPS) is 17.9. The predicted octanol–water partition coefficient (Wildman–Crippen LogP) is 3.42. The van der Waals surface area contributed by atoms with Gasteiger partial charge < -0.3 is 15.3 Å². The summed E-state index contributed by atoms with van der Waals surface area (Å²) < 4.78 is 29.5. The van der Waals surface area contributed by atoms with E-state index in [1.807, 2.05) is 6.92 Å². The molecule has 0 radical (unpaired) electrons. The average Bonchev–Trinajstić information content (AvgIpc) is 3.28. The molecule has 1 aliphatic rings. The van der Waals surface area contributed by atoms with Gasteiger partial charge in [-0.15, -0.1) is 0 Å². The maximum atomic E-state index is 14.6. The van der Waals surface area contributed by atoms with E-state index in [4.69, 9.17) is 0 Å². The molecule has 1 aromatic carbocycles. The minimum absolute atomic E-state index is 0.0513. The number of thioether (sulfide) groups is 1. The molecule has 9 heteroatoms. The van der Waals surface area contributed by atoms with Crippen molar-refractivity contribution >= 4 is 11.8 Å². The number of rotatable bonds is 13. The summed E-state index contributed by atoms with van der Waals surface area (Å²) in [5, 5.41) is 18.6. The fourth-order valence-corrected chi connectivity index (χ4v) is 5.34. The first-order valence-corrected chi connectivity index (χ1v) is 12.6. The van der Waals surface area contributed by atoms with Crippen LogP contribution in [0.3, 0.4) is 0 Å². The lowest BCUT2D eigenvalue weighted by Crippen LogP contribution is -2.43. The van der Waals surface area contributed by atoms with Crippen LogP contribution in [0.5, 0.6) is 0 Å². The highest BCUT2D eigenvalue weighted by Crippen LogP contribution is 2.36. The Bertz CT molecular complexity index is 804. The van der Waals surface area contributed by atoms with Crippen molar-refractivity contribution in [3.05, 3.63) is 48.1 Å². The van der Waals surface area contributed by atoms with E-state index in [-0.39, 0.29) is 17.4 Å². The molecule has 2 N–H and O–H groups in total. The number of piperazine rings is 1. The van der Waals surface area contributed by atoms with Gasteiger partial charge in [0.25, 0.3) is 0 Å². The fraction of sp³-hybridized carbons (Fsp3) is 0.652. The van der Waals surface area contributed by atoms with Crippen LogP contribution in [0.4, 0.5) is 8.78 Å². The van der Waals surface area contributed by atoms with Crippen LogP contribution in [-0.4, -0.2) is 68.5 Å². The summed E-state index contributed by atoms with van der Waals surface area (Å²) in [6, 6.07) is 3.33. The maximum Gasteiger partial charge on any atom is 0.137 e. The third kappa shape index (κ3) is 7.23. The summed E-state index contributed by atoms with van der Waals surface area (Å²) in [5.74, 6) is -0.530. The second-order valence-corrected chi connectivity index (χ2v) is 9.96. The molecule has 2 atom stereocenters. The number of aromatic nitrogens is 3. The second kappa shape index (κ2) is 12.6. The Balaban J connectivity index is 1.45. The van der Waals surface area contributed by atoms with E-state index in [2.05, 4.69) is 20.3 Å². The van der Waals surface area contributed by atoms with E-state index in [0.29, 0.717) is 0 Å². The van der Waals surface area contributed by atoms with Crippen molar-refractivity contribution in [2.75, 3.05) is 38.5 Å². The van der Waals surface area contributed by atoms with Gasteiger partial charge in [-0.2, -0.15) is 16.9 Å². The van der Waals surface area contributed by atoms with Crippen LogP contribution in [0.25, 0.3) is 0 Å². The summed E-state index contributed by atoms with van der Waals surface area (Å²) in [5.41, 5.74) is -1.44. The zero-order chi connectivity index (χ0) is 22.8. The Labute approximate surface area is 193 Å². The number of hydrogen-bond acceptors (Lipinski definition) is 6. The van der Waals surface area contributed by atoms with E-state index >= 15 is 0 Å². The van der Waals surface area contributed by atoms with Crippen molar-refractivity contribution in [3.8, 4) is 0 Å². The Hall–Kier alpha value is -1.55. The topological polar surface area (TPSA) is 66.2 Å². The summed E-state index contributed by atoms with van der Waals surface area (Å²) in [7, 11) is 0. The highest BCUT2D eigenvalue weighted by Gasteiger charge is 2.39. The third-order valence-electron chi connectivity index (χ3n) is 6.14. The lowest BCUT2D eigenvalue weighted by molar-refractivity contribution is 0.0133. The maximum absolute atomic E-state index is 14.6. The molecule has 1 saturated heterocycles. The molecule has 1 aliphatic heterocycles. The molecule has 0 spiro atoms. The Morgan fingerprint density at radius 2 is 1.91 bits per heavy atom. The number of nitrogens with zero attached hydrogens (tertiary/aromatic N) is 4. The average molecular weight is 468 g/mol. The summed E-state index contributed by atoms with van der Waals surface area (Å²) >= 11 is 1.61. The van der Waals surface area contributed by atoms with Crippen LogP contribution in [0.2, 0.25) is 0 Å². The molecule has 2 aromatic rings. The van der Waals surface area contributed by atoms with Crippen LogP contribution in [0.1, 0.15) is 44.6 Å². The van der Waals surface area contributed by atoms with Crippen LogP contribution in [0.15, 0.2) is 30.9 Å². The van der Waals surface area contributed by atoms with E-state index < -0.39 is 17.2 Å². The van der Waals surface area contributed by atoms with E-state index in [1.54, 1.807) is 11.8 Å². The fourth-order valence-electron chi connectivity index (χ4n) is 4.14. The Morgan fingerprint density at radius 1 is 1.16 bits per heavy atom. The largest absolute Gasteiger partial charge is 0.382 e. The number of nitrogens with one attached hydrogen (secondary N) is 1. The molecule has 0 unspecified atom stereocenters. The first-order valence-electron chi connectivity index (χ1n) is 11.5. The summed E-state index contributed by atoms with van der Waals surface area (Å²) in [6.45, 7) is 7.63. The Kier molecular flexibility index (Phi) is 9.90. The van der Waals surface area contributed by atoms with Crippen LogP contribution < -0.4 is 5.32 Å². The Morgan fingerprint density at radius 3 is 2.62 bits per heavy atom. The number of hydrogen-bond donors (Lipinski definition) is 2. The van der Waals surface area contributed by atoms with Gasteiger partial charge in [0.1, 0.15) is 29.9 Å². The zero-order valence-electron chi connectivity index (χ0n) is 18.8. The number of unbranched alkanes of at least 4 members (excludes halogenated alkanes) is 4. The minimum Gasteiger partial charge on any atom is -0.382 e. The molecule has 1 aromatic heterocycles. The van der Waals surface area contributed by atoms with Gasteiger partial charge in [0, 0.05) is 43.1 Å². The molecule has 1 fully saturated rings. The SMILES string of the molecule is C[C@@H](SCCCCCCCN1CCNCC1)[C@](O)(Cn1cncn1)c1ccc(F)cc1F. The molecule has 0 bridgehead atoms. The highest BCUT2D eigenvalue weighted by atomic mass is 32.2. The van der Waals surface area contributed by atoms with Crippen LogP contribution in [-0.2, 0) is 12.1 Å². The van der Waals surface area contributed by atoms with E-state index in [9.17, 15) is 13.9 Å². The van der Waals surface area contributed by atoms with Crippen molar-refractivity contribution in [1.82, 2.24) is 25.0 Å².